The fourth-order valence-corrected chi connectivity index (χ4v) is 1.76. The summed E-state index contributed by atoms with van der Waals surface area (Å²) in [5, 5.41) is 6.33. The quantitative estimate of drug-likeness (QED) is 0.220. The first-order chi connectivity index (χ1) is 8.86. The first kappa shape index (κ1) is 18.7. The molecule has 0 aromatic carbocycles. The summed E-state index contributed by atoms with van der Waals surface area (Å²) in [6.07, 6.45) is 5.39. The molecule has 1 aliphatic heterocycles. The van der Waals surface area contributed by atoms with Crippen LogP contribution in [0.15, 0.2) is 17.6 Å². The molecule has 0 radical (unpaired) electrons. The fourth-order valence-electron chi connectivity index (χ4n) is 1.76. The third-order valence-electron chi connectivity index (χ3n) is 2.72. The van der Waals surface area contributed by atoms with E-state index in [1.54, 1.807) is 13.1 Å². The van der Waals surface area contributed by atoms with Gasteiger partial charge in [0.1, 0.15) is 0 Å². The van der Waals surface area contributed by atoms with E-state index >= 15 is 0 Å². The molecule has 0 saturated carbocycles. The molecule has 1 heterocycles. The molecule has 1 fully saturated rings. The van der Waals surface area contributed by atoms with Crippen molar-refractivity contribution in [3.8, 4) is 0 Å². The lowest BCUT2D eigenvalue weighted by Gasteiger charge is -2.12. The molecule has 0 spiro atoms. The van der Waals surface area contributed by atoms with Crippen molar-refractivity contribution in [3.63, 3.8) is 0 Å². The van der Waals surface area contributed by atoms with Crippen molar-refractivity contribution in [2.75, 3.05) is 40.0 Å². The predicted molar refractivity (Wildman–Crippen MR) is 89.4 cm³/mol. The van der Waals surface area contributed by atoms with Crippen LogP contribution in [0.1, 0.15) is 19.3 Å². The van der Waals surface area contributed by atoms with Gasteiger partial charge in [-0.05, 0) is 19.3 Å². The van der Waals surface area contributed by atoms with Crippen LogP contribution in [0.5, 0.6) is 0 Å². The highest BCUT2D eigenvalue weighted by Gasteiger charge is 2.14. The molecule has 0 bridgehead atoms. The zero-order valence-corrected chi connectivity index (χ0v) is 14.0. The van der Waals surface area contributed by atoms with Gasteiger partial charge in [0.2, 0.25) is 0 Å². The highest BCUT2D eigenvalue weighted by Crippen LogP contribution is 2.11. The second-order valence-corrected chi connectivity index (χ2v) is 4.23. The van der Waals surface area contributed by atoms with Gasteiger partial charge < -0.3 is 20.1 Å². The van der Waals surface area contributed by atoms with Crippen molar-refractivity contribution in [2.45, 2.75) is 25.4 Å². The van der Waals surface area contributed by atoms with Gasteiger partial charge in [-0.3, -0.25) is 4.99 Å². The fraction of sp³-hybridized carbons (Fsp3) is 0.769. The van der Waals surface area contributed by atoms with Crippen LogP contribution >= 0.6 is 24.0 Å². The Morgan fingerprint density at radius 3 is 3.00 bits per heavy atom. The molecule has 19 heavy (non-hydrogen) atoms. The molecular weight excluding hydrogens is 357 g/mol. The molecule has 5 nitrogen and oxygen atoms in total. The van der Waals surface area contributed by atoms with Gasteiger partial charge in [-0.25, -0.2) is 0 Å². The van der Waals surface area contributed by atoms with Crippen molar-refractivity contribution in [3.05, 3.63) is 12.7 Å². The number of guanidine groups is 1. The lowest BCUT2D eigenvalue weighted by atomic mass is 10.2. The standard InChI is InChI=1S/C13H25N3O2.HI/c1-3-7-15-13(14-2)16-8-5-9-17-11-12-6-4-10-18-12;/h3,12H,1,4-11H2,2H3,(H2,14,15,16);1H. The van der Waals surface area contributed by atoms with Crippen LogP contribution in [0.25, 0.3) is 0 Å². The van der Waals surface area contributed by atoms with Crippen LogP contribution in [-0.4, -0.2) is 52.0 Å². The molecule has 0 aliphatic carbocycles. The van der Waals surface area contributed by atoms with Crippen molar-refractivity contribution < 1.29 is 9.47 Å². The third kappa shape index (κ3) is 9.23. The number of ether oxygens (including phenoxy) is 2. The molecule has 2 N–H and O–H groups in total. The summed E-state index contributed by atoms with van der Waals surface area (Å²) in [5.74, 6) is 0.800. The molecule has 0 aromatic rings. The number of nitrogens with zero attached hydrogens (tertiary/aromatic N) is 1. The van der Waals surface area contributed by atoms with E-state index in [0.29, 0.717) is 6.10 Å². The Kier molecular flexibility index (Phi) is 12.5. The van der Waals surface area contributed by atoms with E-state index in [4.69, 9.17) is 9.47 Å². The number of nitrogens with one attached hydrogen (secondary N) is 2. The van der Waals surface area contributed by atoms with E-state index in [-0.39, 0.29) is 24.0 Å². The van der Waals surface area contributed by atoms with E-state index in [1.807, 2.05) is 0 Å². The number of rotatable bonds is 8. The Morgan fingerprint density at radius 1 is 1.53 bits per heavy atom. The van der Waals surface area contributed by atoms with Gasteiger partial charge >= 0.3 is 0 Å². The van der Waals surface area contributed by atoms with Crippen LogP contribution < -0.4 is 10.6 Å². The maximum Gasteiger partial charge on any atom is 0.191 e. The average molecular weight is 383 g/mol. The first-order valence-corrected chi connectivity index (χ1v) is 6.61. The predicted octanol–water partition coefficient (Wildman–Crippen LogP) is 1.54. The highest BCUT2D eigenvalue weighted by molar-refractivity contribution is 14.0. The lowest BCUT2D eigenvalue weighted by molar-refractivity contribution is 0.0168. The van der Waals surface area contributed by atoms with Gasteiger partial charge in [0.15, 0.2) is 5.96 Å². The molecule has 0 aromatic heterocycles. The summed E-state index contributed by atoms with van der Waals surface area (Å²) in [6.45, 7) is 7.59. The van der Waals surface area contributed by atoms with Crippen molar-refractivity contribution >= 4 is 29.9 Å². The van der Waals surface area contributed by atoms with Crippen molar-refractivity contribution in [1.29, 1.82) is 0 Å². The summed E-state index contributed by atoms with van der Waals surface area (Å²) in [4.78, 5) is 4.09. The highest BCUT2D eigenvalue weighted by atomic mass is 127. The minimum absolute atomic E-state index is 0. The number of hydrogen-bond donors (Lipinski definition) is 2. The molecule has 6 heteroatoms. The van der Waals surface area contributed by atoms with Gasteiger partial charge in [0.25, 0.3) is 0 Å². The Morgan fingerprint density at radius 2 is 2.37 bits per heavy atom. The summed E-state index contributed by atoms with van der Waals surface area (Å²) in [5.41, 5.74) is 0. The summed E-state index contributed by atoms with van der Waals surface area (Å²) in [6, 6.07) is 0. The SMILES string of the molecule is C=CCNC(=NC)NCCCOCC1CCCO1.I. The van der Waals surface area contributed by atoms with Crippen LogP contribution in [0.3, 0.4) is 0 Å². The molecule has 0 amide bonds. The normalized spacial score (nSPS) is 18.8. The largest absolute Gasteiger partial charge is 0.379 e. The number of aliphatic imine (C=N–C) groups is 1. The second-order valence-electron chi connectivity index (χ2n) is 4.23. The molecule has 1 atom stereocenters. The zero-order valence-electron chi connectivity index (χ0n) is 11.7. The summed E-state index contributed by atoms with van der Waals surface area (Å²) in [7, 11) is 1.76. The van der Waals surface area contributed by atoms with Crippen LogP contribution in [0.2, 0.25) is 0 Å². The minimum Gasteiger partial charge on any atom is -0.379 e. The Bertz CT molecular complexity index is 256. The van der Waals surface area contributed by atoms with Crippen molar-refractivity contribution in [2.24, 2.45) is 4.99 Å². The Hall–Kier alpha value is -0.340. The minimum atomic E-state index is 0. The maximum absolute atomic E-state index is 5.57. The molecule has 1 unspecified atom stereocenters. The van der Waals surface area contributed by atoms with E-state index in [9.17, 15) is 0 Å². The van der Waals surface area contributed by atoms with Crippen LogP contribution in [0, 0.1) is 0 Å². The van der Waals surface area contributed by atoms with Gasteiger partial charge in [-0.2, -0.15) is 0 Å². The topological polar surface area (TPSA) is 54.9 Å². The summed E-state index contributed by atoms with van der Waals surface area (Å²) < 4.78 is 11.1. The number of hydrogen-bond acceptors (Lipinski definition) is 3. The van der Waals surface area contributed by atoms with E-state index in [0.717, 1.165) is 51.7 Å². The number of halogens is 1. The Labute approximate surface area is 133 Å². The molecule has 1 saturated heterocycles. The van der Waals surface area contributed by atoms with Gasteiger partial charge in [0.05, 0.1) is 12.7 Å². The second kappa shape index (κ2) is 12.7. The summed E-state index contributed by atoms with van der Waals surface area (Å²) >= 11 is 0. The van der Waals surface area contributed by atoms with E-state index < -0.39 is 0 Å². The third-order valence-corrected chi connectivity index (χ3v) is 2.72. The molecule has 1 aliphatic rings. The monoisotopic (exact) mass is 383 g/mol. The van der Waals surface area contributed by atoms with E-state index in [1.165, 1.54) is 6.42 Å². The molecule has 112 valence electrons. The average Bonchev–Trinajstić information content (AvgIpc) is 2.90. The van der Waals surface area contributed by atoms with Gasteiger partial charge in [-0.15, -0.1) is 30.6 Å². The van der Waals surface area contributed by atoms with Crippen LogP contribution in [0.4, 0.5) is 0 Å². The zero-order chi connectivity index (χ0) is 13.1. The maximum atomic E-state index is 5.57. The first-order valence-electron chi connectivity index (χ1n) is 6.61. The van der Waals surface area contributed by atoms with Gasteiger partial charge in [-0.1, -0.05) is 6.08 Å². The Balaban J connectivity index is 0.00000324. The molecule has 1 rings (SSSR count). The smallest absolute Gasteiger partial charge is 0.191 e. The molecular formula is C13H26IN3O2. The van der Waals surface area contributed by atoms with E-state index in [2.05, 4.69) is 22.2 Å². The van der Waals surface area contributed by atoms with Crippen LogP contribution in [-0.2, 0) is 9.47 Å². The van der Waals surface area contributed by atoms with Crippen molar-refractivity contribution in [1.82, 2.24) is 10.6 Å². The lowest BCUT2D eigenvalue weighted by Crippen LogP contribution is -2.38. The van der Waals surface area contributed by atoms with Gasteiger partial charge in [0, 0.05) is 33.4 Å².